The number of carbonyl (C=O) groups excluding carboxylic acids is 1. The minimum Gasteiger partial charge on any atom is -0.480 e. The first-order valence-corrected chi connectivity index (χ1v) is 7.07. The molecule has 0 saturated heterocycles. The Bertz CT molecular complexity index is 784. The lowest BCUT2D eigenvalue weighted by Crippen LogP contribution is -2.46. The molecule has 1 aromatic carbocycles. The van der Waals surface area contributed by atoms with E-state index in [0.29, 0.717) is 11.0 Å². The molecule has 1 aromatic heterocycles. The molecule has 2 aromatic rings. The fourth-order valence-electron chi connectivity index (χ4n) is 2.11. The van der Waals surface area contributed by atoms with E-state index < -0.39 is 29.4 Å². The van der Waals surface area contributed by atoms with E-state index in [-0.39, 0.29) is 6.54 Å². The number of aromatic nitrogens is 2. The van der Waals surface area contributed by atoms with Crippen molar-refractivity contribution in [2.24, 2.45) is 0 Å². The number of ether oxygens (including phenoxy) is 1. The number of aliphatic carboxylic acids is 1. The number of benzene rings is 1. The lowest BCUT2D eigenvalue weighted by atomic mass is 10.2. The topological polar surface area (TPSA) is 113 Å². The Morgan fingerprint density at radius 3 is 2.61 bits per heavy atom. The average molecular weight is 321 g/mol. The second kappa shape index (κ2) is 6.15. The van der Waals surface area contributed by atoms with Crippen molar-refractivity contribution in [1.29, 1.82) is 0 Å². The summed E-state index contributed by atoms with van der Waals surface area (Å²) in [4.78, 5) is 37.8. The number of carboxylic acid groups (broad SMARTS) is 1. The van der Waals surface area contributed by atoms with Crippen LogP contribution < -0.4 is 11.0 Å². The van der Waals surface area contributed by atoms with Gasteiger partial charge in [0.05, 0.1) is 17.6 Å². The number of alkyl carbamates (subject to hydrolysis) is 1. The smallest absolute Gasteiger partial charge is 0.408 e. The fourth-order valence-corrected chi connectivity index (χ4v) is 2.11. The van der Waals surface area contributed by atoms with Gasteiger partial charge in [-0.2, -0.15) is 0 Å². The maximum atomic E-state index is 12.0. The van der Waals surface area contributed by atoms with Crippen LogP contribution in [0.2, 0.25) is 0 Å². The van der Waals surface area contributed by atoms with Crippen molar-refractivity contribution in [1.82, 2.24) is 14.9 Å². The summed E-state index contributed by atoms with van der Waals surface area (Å²) in [6.07, 6.45) is -0.849. The number of carbonyl (C=O) groups is 2. The third kappa shape index (κ3) is 4.12. The maximum absolute atomic E-state index is 12.0. The first-order valence-electron chi connectivity index (χ1n) is 7.07. The lowest BCUT2D eigenvalue weighted by molar-refractivity contribution is -0.139. The van der Waals surface area contributed by atoms with Crippen molar-refractivity contribution in [2.75, 3.05) is 0 Å². The second-order valence-electron chi connectivity index (χ2n) is 6.09. The van der Waals surface area contributed by atoms with Crippen LogP contribution >= 0.6 is 0 Å². The number of hydrogen-bond acceptors (Lipinski definition) is 4. The van der Waals surface area contributed by atoms with Crippen LogP contribution in [0.4, 0.5) is 4.79 Å². The van der Waals surface area contributed by atoms with Gasteiger partial charge in [0.15, 0.2) is 0 Å². The van der Waals surface area contributed by atoms with E-state index >= 15 is 0 Å². The number of imidazole rings is 1. The summed E-state index contributed by atoms with van der Waals surface area (Å²) in [5.41, 5.74) is -0.0258. The highest BCUT2D eigenvalue weighted by atomic mass is 16.6. The van der Waals surface area contributed by atoms with Crippen molar-refractivity contribution in [2.45, 2.75) is 39.0 Å². The Kier molecular flexibility index (Phi) is 4.44. The van der Waals surface area contributed by atoms with E-state index in [0.717, 1.165) is 0 Å². The van der Waals surface area contributed by atoms with Gasteiger partial charge in [-0.05, 0) is 32.9 Å². The highest BCUT2D eigenvalue weighted by Crippen LogP contribution is 2.10. The van der Waals surface area contributed by atoms with Gasteiger partial charge in [0.2, 0.25) is 0 Å². The summed E-state index contributed by atoms with van der Waals surface area (Å²) in [5.74, 6) is -1.26. The van der Waals surface area contributed by atoms with Crippen LogP contribution in [-0.2, 0) is 16.1 Å². The number of nitrogens with zero attached hydrogens (tertiary/aromatic N) is 1. The Morgan fingerprint density at radius 1 is 1.35 bits per heavy atom. The average Bonchev–Trinajstić information content (AvgIpc) is 2.72. The molecule has 0 bridgehead atoms. The SMILES string of the molecule is CC(C)(C)OC(=O)NC(Cn1c(=O)[nH]c2ccccc21)C(=O)O. The largest absolute Gasteiger partial charge is 0.480 e. The van der Waals surface area contributed by atoms with E-state index in [1.165, 1.54) is 4.57 Å². The summed E-state index contributed by atoms with van der Waals surface area (Å²) in [5, 5.41) is 11.6. The molecule has 124 valence electrons. The van der Waals surface area contributed by atoms with Gasteiger partial charge in [-0.25, -0.2) is 14.4 Å². The predicted octanol–water partition coefficient (Wildman–Crippen LogP) is 1.31. The van der Waals surface area contributed by atoms with Crippen molar-refractivity contribution >= 4 is 23.1 Å². The quantitative estimate of drug-likeness (QED) is 0.785. The van der Waals surface area contributed by atoms with Gasteiger partial charge in [0, 0.05) is 0 Å². The van der Waals surface area contributed by atoms with Gasteiger partial charge in [-0.3, -0.25) is 4.57 Å². The molecule has 0 fully saturated rings. The lowest BCUT2D eigenvalue weighted by Gasteiger charge is -2.22. The standard InChI is InChI=1S/C15H19N3O5/c1-15(2,3)23-14(22)17-10(12(19)20)8-18-11-7-5-4-6-9(11)16-13(18)21/h4-7,10H,8H2,1-3H3,(H,16,21)(H,17,22)(H,19,20). The Morgan fingerprint density at radius 2 is 2.00 bits per heavy atom. The van der Waals surface area contributed by atoms with Crippen molar-refractivity contribution in [3.8, 4) is 0 Å². The first-order chi connectivity index (χ1) is 10.7. The van der Waals surface area contributed by atoms with Gasteiger partial charge in [0.25, 0.3) is 0 Å². The highest BCUT2D eigenvalue weighted by Gasteiger charge is 2.25. The maximum Gasteiger partial charge on any atom is 0.408 e. The number of rotatable bonds is 4. The Balaban J connectivity index is 2.22. The van der Waals surface area contributed by atoms with E-state index in [2.05, 4.69) is 10.3 Å². The molecule has 3 N–H and O–H groups in total. The van der Waals surface area contributed by atoms with E-state index in [1.54, 1.807) is 45.0 Å². The molecule has 1 heterocycles. The zero-order chi connectivity index (χ0) is 17.2. The van der Waals surface area contributed by atoms with Crippen LogP contribution in [0.5, 0.6) is 0 Å². The van der Waals surface area contributed by atoms with E-state index in [1.807, 2.05) is 0 Å². The molecule has 0 spiro atoms. The third-order valence-electron chi connectivity index (χ3n) is 3.04. The number of fused-ring (bicyclic) bond motifs is 1. The highest BCUT2D eigenvalue weighted by molar-refractivity contribution is 5.80. The number of para-hydroxylation sites is 2. The predicted molar refractivity (Wildman–Crippen MR) is 83.4 cm³/mol. The van der Waals surface area contributed by atoms with Crippen LogP contribution in [0.15, 0.2) is 29.1 Å². The molecule has 23 heavy (non-hydrogen) atoms. The normalized spacial score (nSPS) is 12.8. The Hall–Kier alpha value is -2.77. The fraction of sp³-hybridized carbons (Fsp3) is 0.400. The number of amides is 1. The number of nitrogens with one attached hydrogen (secondary N) is 2. The molecule has 0 aliphatic heterocycles. The zero-order valence-corrected chi connectivity index (χ0v) is 13.1. The number of hydrogen-bond donors (Lipinski definition) is 3. The van der Waals surface area contributed by atoms with Crippen molar-refractivity contribution in [3.05, 3.63) is 34.7 Å². The van der Waals surface area contributed by atoms with Crippen LogP contribution in [0.3, 0.4) is 0 Å². The van der Waals surface area contributed by atoms with E-state index in [4.69, 9.17) is 4.74 Å². The minimum absolute atomic E-state index is 0.211. The van der Waals surface area contributed by atoms with Gasteiger partial charge in [-0.15, -0.1) is 0 Å². The van der Waals surface area contributed by atoms with Gasteiger partial charge >= 0.3 is 17.8 Å². The molecule has 0 radical (unpaired) electrons. The summed E-state index contributed by atoms with van der Waals surface area (Å²) in [6, 6.07) is 5.62. The second-order valence-corrected chi connectivity index (χ2v) is 6.09. The molecule has 0 aliphatic rings. The molecular formula is C15H19N3O5. The minimum atomic E-state index is -1.29. The van der Waals surface area contributed by atoms with Gasteiger partial charge in [0.1, 0.15) is 11.6 Å². The number of carboxylic acids is 1. The number of aromatic amines is 1. The summed E-state index contributed by atoms with van der Waals surface area (Å²) in [6.45, 7) is 4.81. The summed E-state index contributed by atoms with van der Waals surface area (Å²) >= 11 is 0. The van der Waals surface area contributed by atoms with Crippen LogP contribution in [0.1, 0.15) is 20.8 Å². The van der Waals surface area contributed by atoms with Gasteiger partial charge in [-0.1, -0.05) is 12.1 Å². The monoisotopic (exact) mass is 321 g/mol. The molecule has 1 atom stereocenters. The van der Waals surface area contributed by atoms with E-state index in [9.17, 15) is 19.5 Å². The first kappa shape index (κ1) is 16.6. The van der Waals surface area contributed by atoms with Crippen LogP contribution in [0.25, 0.3) is 11.0 Å². The molecule has 1 unspecified atom stereocenters. The summed E-state index contributed by atoms with van der Waals surface area (Å²) in [7, 11) is 0. The molecule has 8 heteroatoms. The number of H-pyrrole nitrogens is 1. The molecule has 0 saturated carbocycles. The molecular weight excluding hydrogens is 302 g/mol. The zero-order valence-electron chi connectivity index (χ0n) is 13.1. The molecule has 1 amide bonds. The van der Waals surface area contributed by atoms with Crippen LogP contribution in [-0.4, -0.2) is 38.4 Å². The van der Waals surface area contributed by atoms with Crippen molar-refractivity contribution < 1.29 is 19.4 Å². The van der Waals surface area contributed by atoms with Gasteiger partial charge < -0.3 is 20.1 Å². The molecule has 0 aliphatic carbocycles. The molecule has 2 rings (SSSR count). The Labute approximate surface area is 132 Å². The third-order valence-corrected chi connectivity index (χ3v) is 3.04. The van der Waals surface area contributed by atoms with Crippen LogP contribution in [0, 0.1) is 0 Å². The summed E-state index contributed by atoms with van der Waals surface area (Å²) < 4.78 is 6.32. The van der Waals surface area contributed by atoms with Crippen molar-refractivity contribution in [3.63, 3.8) is 0 Å². The molecule has 8 nitrogen and oxygen atoms in total.